The van der Waals surface area contributed by atoms with E-state index in [0.717, 1.165) is 38.1 Å². The highest BCUT2D eigenvalue weighted by atomic mass is 19.3. The zero-order valence-electron chi connectivity index (χ0n) is 20.2. The van der Waals surface area contributed by atoms with Gasteiger partial charge in [0.1, 0.15) is 11.4 Å². The predicted octanol–water partition coefficient (Wildman–Crippen LogP) is 3.49. The highest BCUT2D eigenvalue weighted by molar-refractivity contribution is 5.83. The Morgan fingerprint density at radius 1 is 1.19 bits per heavy atom. The molecule has 2 aliphatic carbocycles. The van der Waals surface area contributed by atoms with Crippen molar-refractivity contribution in [1.82, 2.24) is 15.1 Å². The van der Waals surface area contributed by atoms with Gasteiger partial charge in [-0.25, -0.2) is 18.0 Å². The summed E-state index contributed by atoms with van der Waals surface area (Å²) >= 11 is 0. The molecule has 2 saturated heterocycles. The van der Waals surface area contributed by atoms with Gasteiger partial charge in [0.2, 0.25) is 5.91 Å². The molecule has 194 valence electrons. The van der Waals surface area contributed by atoms with Crippen molar-refractivity contribution in [3.63, 3.8) is 0 Å². The fraction of sp³-hybridized carbons (Fsp3) is 0.654. The quantitative estimate of drug-likeness (QED) is 0.567. The van der Waals surface area contributed by atoms with Crippen molar-refractivity contribution in [1.29, 1.82) is 5.26 Å². The summed E-state index contributed by atoms with van der Waals surface area (Å²) in [6.45, 7) is 2.05. The van der Waals surface area contributed by atoms with Crippen LogP contribution in [0.2, 0.25) is 0 Å². The lowest BCUT2D eigenvalue weighted by Crippen LogP contribution is -2.73. The number of hydrogen-bond donors (Lipinski definition) is 2. The molecular formula is C26H32F3N5O2. The number of alkyl halides is 2. The van der Waals surface area contributed by atoms with E-state index < -0.39 is 53.2 Å². The van der Waals surface area contributed by atoms with E-state index in [4.69, 9.17) is 5.73 Å². The minimum atomic E-state index is -3.50. The van der Waals surface area contributed by atoms with Crippen LogP contribution in [0.25, 0.3) is 0 Å². The molecule has 3 amide bonds. The zero-order chi connectivity index (χ0) is 25.7. The van der Waals surface area contributed by atoms with Gasteiger partial charge in [0.25, 0.3) is 5.92 Å². The lowest BCUT2D eigenvalue weighted by molar-refractivity contribution is -0.146. The summed E-state index contributed by atoms with van der Waals surface area (Å²) in [7, 11) is 0. The predicted molar refractivity (Wildman–Crippen MR) is 125 cm³/mol. The molecule has 10 heteroatoms. The Kier molecular flexibility index (Phi) is 6.18. The summed E-state index contributed by atoms with van der Waals surface area (Å²) in [6.07, 6.45) is 3.81. The van der Waals surface area contributed by atoms with Crippen molar-refractivity contribution in [2.24, 2.45) is 17.1 Å². The molecule has 2 heterocycles. The highest BCUT2D eigenvalue weighted by Gasteiger charge is 2.60. The minimum Gasteiger partial charge on any atom is -0.351 e. The number of amides is 3. The number of nitriles is 1. The van der Waals surface area contributed by atoms with Crippen LogP contribution in [-0.2, 0) is 10.7 Å². The molecule has 7 nitrogen and oxygen atoms in total. The maximum absolute atomic E-state index is 15.1. The first-order chi connectivity index (χ1) is 17.1. The van der Waals surface area contributed by atoms with Crippen molar-refractivity contribution in [2.45, 2.75) is 74.9 Å². The number of carbonyl (C=O) groups is 2. The normalized spacial score (nSPS) is 25.5. The second-order valence-electron chi connectivity index (χ2n) is 11.1. The number of nitrogens with one attached hydrogen (secondary N) is 1. The lowest BCUT2D eigenvalue weighted by atomic mass is 9.60. The van der Waals surface area contributed by atoms with Crippen LogP contribution in [-0.4, -0.2) is 59.0 Å². The van der Waals surface area contributed by atoms with Crippen molar-refractivity contribution in [3.8, 4) is 6.07 Å². The van der Waals surface area contributed by atoms with E-state index in [1.807, 2.05) is 0 Å². The molecule has 4 fully saturated rings. The number of piperidine rings is 1. The van der Waals surface area contributed by atoms with E-state index in [1.165, 1.54) is 29.9 Å². The Labute approximate surface area is 208 Å². The van der Waals surface area contributed by atoms with Gasteiger partial charge in [-0.05, 0) is 64.1 Å². The maximum Gasteiger partial charge on any atom is 0.315 e. The third kappa shape index (κ3) is 4.54. The van der Waals surface area contributed by atoms with Crippen molar-refractivity contribution in [3.05, 3.63) is 35.6 Å². The van der Waals surface area contributed by atoms with Crippen LogP contribution in [0.15, 0.2) is 24.3 Å². The monoisotopic (exact) mass is 503 g/mol. The molecule has 3 N–H and O–H groups in total. The first-order valence-corrected chi connectivity index (χ1v) is 12.8. The van der Waals surface area contributed by atoms with E-state index in [2.05, 4.69) is 16.3 Å². The molecule has 2 aliphatic heterocycles. The number of urea groups is 1. The van der Waals surface area contributed by atoms with Crippen LogP contribution >= 0.6 is 0 Å². The van der Waals surface area contributed by atoms with Gasteiger partial charge in [-0.3, -0.25) is 4.79 Å². The number of halogens is 3. The molecule has 36 heavy (non-hydrogen) atoms. The van der Waals surface area contributed by atoms with Gasteiger partial charge < -0.3 is 20.9 Å². The summed E-state index contributed by atoms with van der Waals surface area (Å²) in [6, 6.07) is 6.11. The van der Waals surface area contributed by atoms with E-state index in [9.17, 15) is 19.2 Å². The zero-order valence-corrected chi connectivity index (χ0v) is 20.2. The van der Waals surface area contributed by atoms with Crippen molar-refractivity contribution < 1.29 is 22.8 Å². The Morgan fingerprint density at radius 3 is 2.42 bits per heavy atom. The number of hydrogen-bond acceptors (Lipinski definition) is 4. The molecule has 0 aromatic heterocycles. The molecule has 0 bridgehead atoms. The Bertz CT molecular complexity index is 1070. The van der Waals surface area contributed by atoms with Gasteiger partial charge in [-0.1, -0.05) is 18.2 Å². The van der Waals surface area contributed by atoms with E-state index in [1.54, 1.807) is 0 Å². The van der Waals surface area contributed by atoms with Crippen molar-refractivity contribution in [2.75, 3.05) is 19.6 Å². The van der Waals surface area contributed by atoms with Crippen LogP contribution in [0.1, 0.15) is 56.9 Å². The average molecular weight is 504 g/mol. The second kappa shape index (κ2) is 8.94. The summed E-state index contributed by atoms with van der Waals surface area (Å²) in [5, 5.41) is 12.3. The third-order valence-corrected chi connectivity index (χ3v) is 8.67. The van der Waals surface area contributed by atoms with E-state index >= 15 is 8.78 Å². The third-order valence-electron chi connectivity index (χ3n) is 8.67. The first kappa shape index (κ1) is 24.9. The SMILES string of the molecule is N#CC1(NC(=O)[C@@H](CCC(F)(F)c2ccccc2F)C2N(C(N)=O)CC23CCN(C2CC2)CC3)CC1. The largest absolute Gasteiger partial charge is 0.351 e. The molecule has 2 saturated carbocycles. The fourth-order valence-electron chi connectivity index (χ4n) is 6.22. The van der Waals surface area contributed by atoms with Crippen LogP contribution in [0, 0.1) is 28.5 Å². The average Bonchev–Trinajstić information content (AvgIpc) is 3.76. The van der Waals surface area contributed by atoms with Gasteiger partial charge in [0, 0.05) is 24.4 Å². The Morgan fingerprint density at radius 2 is 1.86 bits per heavy atom. The first-order valence-electron chi connectivity index (χ1n) is 12.8. The van der Waals surface area contributed by atoms with Crippen LogP contribution in [0.5, 0.6) is 0 Å². The van der Waals surface area contributed by atoms with Gasteiger partial charge in [0.15, 0.2) is 0 Å². The number of rotatable bonds is 8. The molecule has 2 atom stereocenters. The van der Waals surface area contributed by atoms with Crippen LogP contribution in [0.4, 0.5) is 18.0 Å². The molecule has 1 aromatic carbocycles. The van der Waals surface area contributed by atoms with E-state index in [-0.39, 0.29) is 11.8 Å². The molecule has 0 radical (unpaired) electrons. The molecule has 5 rings (SSSR count). The Hall–Kier alpha value is -2.80. The fourth-order valence-corrected chi connectivity index (χ4v) is 6.22. The van der Waals surface area contributed by atoms with Gasteiger partial charge in [0.05, 0.1) is 23.6 Å². The second-order valence-corrected chi connectivity index (χ2v) is 11.1. The smallest absolute Gasteiger partial charge is 0.315 e. The van der Waals surface area contributed by atoms with Gasteiger partial charge in [-0.15, -0.1) is 0 Å². The summed E-state index contributed by atoms with van der Waals surface area (Å²) in [4.78, 5) is 29.7. The summed E-state index contributed by atoms with van der Waals surface area (Å²) < 4.78 is 44.5. The maximum atomic E-state index is 15.1. The number of nitrogens with two attached hydrogens (primary N) is 1. The standard InChI is InChI=1S/C26H32F3N5O2/c27-20-4-2-1-3-19(20)26(28,29)8-7-18(22(35)32-25(15-30)9-10-25)21-24(16-34(21)23(31)36)11-13-33(14-12-24)17-5-6-17/h1-4,17-18,21H,5-14,16H2,(H2,31,36)(H,32,35)/t18-,21?/m0/s1. The van der Waals surface area contributed by atoms with Crippen molar-refractivity contribution >= 4 is 11.9 Å². The molecule has 4 aliphatic rings. The van der Waals surface area contributed by atoms with E-state index in [0.29, 0.717) is 25.4 Å². The molecule has 1 spiro atoms. The van der Waals surface area contributed by atoms with Crippen LogP contribution in [0.3, 0.4) is 0 Å². The molecular weight excluding hydrogens is 471 g/mol. The number of carbonyl (C=O) groups excluding carboxylic acids is 2. The number of likely N-dealkylation sites (tertiary alicyclic amines) is 2. The van der Waals surface area contributed by atoms with Gasteiger partial charge >= 0.3 is 6.03 Å². The van der Waals surface area contributed by atoms with Crippen LogP contribution < -0.4 is 11.1 Å². The summed E-state index contributed by atoms with van der Waals surface area (Å²) in [5.41, 5.74) is 3.57. The molecule has 1 aromatic rings. The number of nitrogens with zero attached hydrogens (tertiary/aromatic N) is 3. The topological polar surface area (TPSA) is 102 Å². The Balaban J connectivity index is 1.40. The molecule has 1 unspecified atom stereocenters. The highest BCUT2D eigenvalue weighted by Crippen LogP contribution is 2.52. The van der Waals surface area contributed by atoms with Gasteiger partial charge in [-0.2, -0.15) is 5.26 Å². The number of benzene rings is 1. The lowest BCUT2D eigenvalue weighted by Gasteiger charge is -2.62. The minimum absolute atomic E-state index is 0.267. The number of primary amides is 1. The summed E-state index contributed by atoms with van der Waals surface area (Å²) in [5.74, 6) is -6.00.